The quantitative estimate of drug-likeness (QED) is 0.800. The molecule has 1 fully saturated rings. The van der Waals surface area contributed by atoms with E-state index in [2.05, 4.69) is 47.7 Å². The van der Waals surface area contributed by atoms with Crippen LogP contribution in [0.1, 0.15) is 44.1 Å². The molecule has 112 valence electrons. The van der Waals surface area contributed by atoms with Crippen molar-refractivity contribution in [3.63, 3.8) is 0 Å². The maximum atomic E-state index is 6.08. The van der Waals surface area contributed by atoms with Gasteiger partial charge in [-0.2, -0.15) is 0 Å². The summed E-state index contributed by atoms with van der Waals surface area (Å²) in [6.07, 6.45) is 4.32. The highest BCUT2D eigenvalue weighted by atomic mass is 35.5. The van der Waals surface area contributed by atoms with Crippen molar-refractivity contribution >= 4 is 17.3 Å². The molecule has 2 heterocycles. The standard InChI is InChI=1S/C15H25ClN4/c1-11(2)15-17-10-14(13(9-16)18-15)20-7-5-12(6-8-20)19(3)4/h10-12H,5-9H2,1-4H3. The number of piperidine rings is 1. The van der Waals surface area contributed by atoms with Crippen molar-refractivity contribution in [1.29, 1.82) is 0 Å². The number of rotatable bonds is 4. The van der Waals surface area contributed by atoms with Gasteiger partial charge in [0, 0.05) is 25.0 Å². The molecule has 0 amide bonds. The number of hydrogen-bond donors (Lipinski definition) is 0. The Morgan fingerprint density at radius 3 is 2.50 bits per heavy atom. The van der Waals surface area contributed by atoms with Crippen LogP contribution in [0.2, 0.25) is 0 Å². The van der Waals surface area contributed by atoms with Gasteiger partial charge in [-0.1, -0.05) is 13.8 Å². The van der Waals surface area contributed by atoms with Crippen LogP contribution in [0.4, 0.5) is 5.69 Å². The second kappa shape index (κ2) is 6.72. The van der Waals surface area contributed by atoms with Gasteiger partial charge in [0.2, 0.25) is 0 Å². The average molecular weight is 297 g/mol. The van der Waals surface area contributed by atoms with E-state index in [1.807, 2.05) is 6.20 Å². The Balaban J connectivity index is 2.13. The molecule has 1 saturated heterocycles. The van der Waals surface area contributed by atoms with Crippen LogP contribution < -0.4 is 4.90 Å². The maximum Gasteiger partial charge on any atom is 0.131 e. The molecule has 1 aromatic heterocycles. The Bertz CT molecular complexity index is 439. The SMILES string of the molecule is CC(C)c1ncc(N2CCC(N(C)C)CC2)c(CCl)n1. The second-order valence-corrected chi connectivity index (χ2v) is 6.30. The first kappa shape index (κ1) is 15.5. The van der Waals surface area contributed by atoms with E-state index in [-0.39, 0.29) is 0 Å². The molecule has 0 spiro atoms. The third-order valence-corrected chi connectivity index (χ3v) is 4.30. The van der Waals surface area contributed by atoms with Crippen LogP contribution in [-0.2, 0) is 5.88 Å². The van der Waals surface area contributed by atoms with E-state index >= 15 is 0 Å². The molecule has 0 aliphatic carbocycles. The first-order valence-electron chi connectivity index (χ1n) is 7.36. The van der Waals surface area contributed by atoms with Crippen LogP contribution >= 0.6 is 11.6 Å². The Kier molecular flexibility index (Phi) is 5.22. The summed E-state index contributed by atoms with van der Waals surface area (Å²) in [5, 5.41) is 0. The van der Waals surface area contributed by atoms with Crippen LogP contribution in [0.25, 0.3) is 0 Å². The Morgan fingerprint density at radius 2 is 2.00 bits per heavy atom. The Morgan fingerprint density at radius 1 is 1.35 bits per heavy atom. The van der Waals surface area contributed by atoms with Crippen molar-refractivity contribution in [3.8, 4) is 0 Å². The summed E-state index contributed by atoms with van der Waals surface area (Å²) in [6.45, 7) is 6.32. The zero-order valence-corrected chi connectivity index (χ0v) is 13.7. The molecule has 0 radical (unpaired) electrons. The molecule has 0 N–H and O–H groups in total. The molecular weight excluding hydrogens is 272 g/mol. The van der Waals surface area contributed by atoms with E-state index in [0.29, 0.717) is 17.8 Å². The predicted molar refractivity (Wildman–Crippen MR) is 84.6 cm³/mol. The fourth-order valence-corrected chi connectivity index (χ4v) is 2.89. The predicted octanol–water partition coefficient (Wildman–Crippen LogP) is 2.87. The molecule has 0 bridgehead atoms. The lowest BCUT2D eigenvalue weighted by Gasteiger charge is -2.36. The lowest BCUT2D eigenvalue weighted by molar-refractivity contribution is 0.249. The van der Waals surface area contributed by atoms with Crippen molar-refractivity contribution in [2.75, 3.05) is 32.1 Å². The summed E-state index contributed by atoms with van der Waals surface area (Å²) in [4.78, 5) is 13.8. The van der Waals surface area contributed by atoms with E-state index < -0.39 is 0 Å². The van der Waals surface area contributed by atoms with E-state index in [1.54, 1.807) is 0 Å². The monoisotopic (exact) mass is 296 g/mol. The lowest BCUT2D eigenvalue weighted by Crippen LogP contribution is -2.42. The van der Waals surface area contributed by atoms with Crippen molar-refractivity contribution in [3.05, 3.63) is 17.7 Å². The first-order valence-corrected chi connectivity index (χ1v) is 7.89. The minimum atomic E-state index is 0.338. The third-order valence-electron chi connectivity index (χ3n) is 4.04. The molecule has 1 aromatic rings. The molecule has 5 heteroatoms. The summed E-state index contributed by atoms with van der Waals surface area (Å²) in [5.74, 6) is 1.67. The number of anilines is 1. The van der Waals surface area contributed by atoms with Gasteiger partial charge in [0.25, 0.3) is 0 Å². The van der Waals surface area contributed by atoms with Crippen LogP contribution in [-0.4, -0.2) is 48.1 Å². The molecule has 1 aliphatic rings. The molecule has 1 aliphatic heterocycles. The third kappa shape index (κ3) is 3.41. The number of aromatic nitrogens is 2. The number of hydrogen-bond acceptors (Lipinski definition) is 4. The molecule has 4 nitrogen and oxygen atoms in total. The van der Waals surface area contributed by atoms with E-state index in [9.17, 15) is 0 Å². The lowest BCUT2D eigenvalue weighted by atomic mass is 10.0. The number of halogens is 1. The second-order valence-electron chi connectivity index (χ2n) is 6.03. The zero-order chi connectivity index (χ0) is 14.7. The molecule has 2 rings (SSSR count). The van der Waals surface area contributed by atoms with Gasteiger partial charge in [0.1, 0.15) is 5.82 Å². The largest absolute Gasteiger partial charge is 0.369 e. The zero-order valence-electron chi connectivity index (χ0n) is 12.9. The van der Waals surface area contributed by atoms with Gasteiger partial charge in [-0.15, -0.1) is 11.6 Å². The van der Waals surface area contributed by atoms with Crippen LogP contribution in [0.15, 0.2) is 6.20 Å². The molecule has 20 heavy (non-hydrogen) atoms. The minimum Gasteiger partial charge on any atom is -0.369 e. The highest BCUT2D eigenvalue weighted by molar-refractivity contribution is 6.17. The molecule has 0 unspecified atom stereocenters. The van der Waals surface area contributed by atoms with Crippen molar-refractivity contribution in [2.24, 2.45) is 0 Å². The van der Waals surface area contributed by atoms with Gasteiger partial charge in [0.05, 0.1) is 23.5 Å². The fourth-order valence-electron chi connectivity index (χ4n) is 2.69. The fraction of sp³-hybridized carbons (Fsp3) is 0.733. The van der Waals surface area contributed by atoms with Crippen LogP contribution in [0, 0.1) is 0 Å². The number of alkyl halides is 1. The Labute approximate surface area is 127 Å². The molecular formula is C15H25ClN4. The summed E-state index contributed by atoms with van der Waals surface area (Å²) in [6, 6.07) is 0.682. The van der Waals surface area contributed by atoms with Gasteiger partial charge >= 0.3 is 0 Å². The number of nitrogens with zero attached hydrogens (tertiary/aromatic N) is 4. The van der Waals surface area contributed by atoms with E-state index in [4.69, 9.17) is 11.6 Å². The van der Waals surface area contributed by atoms with Crippen molar-refractivity contribution in [2.45, 2.75) is 44.5 Å². The average Bonchev–Trinajstić information content (AvgIpc) is 2.46. The van der Waals surface area contributed by atoms with Crippen molar-refractivity contribution < 1.29 is 0 Å². The van der Waals surface area contributed by atoms with E-state index in [0.717, 1.165) is 30.3 Å². The van der Waals surface area contributed by atoms with Gasteiger partial charge in [0.15, 0.2) is 0 Å². The normalized spacial score (nSPS) is 17.2. The Hall–Kier alpha value is -0.870. The topological polar surface area (TPSA) is 32.3 Å². The highest BCUT2D eigenvalue weighted by Crippen LogP contribution is 2.26. The van der Waals surface area contributed by atoms with E-state index in [1.165, 1.54) is 12.8 Å². The van der Waals surface area contributed by atoms with Gasteiger partial charge in [-0.05, 0) is 26.9 Å². The summed E-state index contributed by atoms with van der Waals surface area (Å²) < 4.78 is 0. The van der Waals surface area contributed by atoms with Crippen molar-refractivity contribution in [1.82, 2.24) is 14.9 Å². The van der Waals surface area contributed by atoms with Crippen LogP contribution in [0.5, 0.6) is 0 Å². The molecule has 0 saturated carbocycles. The first-order chi connectivity index (χ1) is 9.52. The van der Waals surface area contributed by atoms with Gasteiger partial charge in [-0.3, -0.25) is 0 Å². The highest BCUT2D eigenvalue weighted by Gasteiger charge is 2.23. The van der Waals surface area contributed by atoms with Gasteiger partial charge in [-0.25, -0.2) is 9.97 Å². The maximum absolute atomic E-state index is 6.08. The molecule has 0 atom stereocenters. The summed E-state index contributed by atoms with van der Waals surface area (Å²) >= 11 is 6.08. The summed E-state index contributed by atoms with van der Waals surface area (Å²) in [5.41, 5.74) is 2.08. The van der Waals surface area contributed by atoms with Crippen LogP contribution in [0.3, 0.4) is 0 Å². The smallest absolute Gasteiger partial charge is 0.131 e. The molecule has 0 aromatic carbocycles. The summed E-state index contributed by atoms with van der Waals surface area (Å²) in [7, 11) is 4.32. The van der Waals surface area contributed by atoms with Gasteiger partial charge < -0.3 is 9.80 Å². The minimum absolute atomic E-state index is 0.338.